The number of hydrogen-bond acceptors (Lipinski definition) is 2. The molecule has 3 heteroatoms. The highest BCUT2D eigenvalue weighted by atomic mass is 19.1. The molecule has 1 heterocycles. The van der Waals surface area contributed by atoms with Gasteiger partial charge in [-0.1, -0.05) is 6.92 Å². The minimum Gasteiger partial charge on any atom is -0.381 e. The summed E-state index contributed by atoms with van der Waals surface area (Å²) in [5.41, 5.74) is 0. The van der Waals surface area contributed by atoms with Gasteiger partial charge in [0.1, 0.15) is 6.17 Å². The Morgan fingerprint density at radius 1 is 1.29 bits per heavy atom. The molecule has 1 saturated heterocycles. The fourth-order valence-corrected chi connectivity index (χ4v) is 2.51. The van der Waals surface area contributed by atoms with Crippen LogP contribution in [0.3, 0.4) is 0 Å². The van der Waals surface area contributed by atoms with Crippen molar-refractivity contribution < 1.29 is 9.13 Å². The maximum atomic E-state index is 13.0. The smallest absolute Gasteiger partial charge is 0.102 e. The molecule has 1 aliphatic heterocycles. The summed E-state index contributed by atoms with van der Waals surface area (Å²) in [4.78, 5) is 0. The van der Waals surface area contributed by atoms with Gasteiger partial charge in [0.15, 0.2) is 0 Å². The molecule has 4 unspecified atom stereocenters. The maximum Gasteiger partial charge on any atom is 0.102 e. The van der Waals surface area contributed by atoms with Gasteiger partial charge in [0.05, 0.1) is 6.61 Å². The number of nitrogens with one attached hydrogen (secondary N) is 1. The standard InChI is InChI=1S/C11H20FNO/c1-8-7-14-5-4-11(8)13-10-3-2-9(12)6-10/h8-11,13H,2-7H2,1H3. The first-order valence-electron chi connectivity index (χ1n) is 5.73. The molecule has 1 saturated carbocycles. The highest BCUT2D eigenvalue weighted by Crippen LogP contribution is 2.24. The molecule has 0 radical (unpaired) electrons. The van der Waals surface area contributed by atoms with Crippen molar-refractivity contribution >= 4 is 0 Å². The Balaban J connectivity index is 1.78. The fraction of sp³-hybridized carbons (Fsp3) is 1.00. The highest BCUT2D eigenvalue weighted by molar-refractivity contribution is 4.86. The summed E-state index contributed by atoms with van der Waals surface area (Å²) >= 11 is 0. The van der Waals surface area contributed by atoms with Gasteiger partial charge in [-0.15, -0.1) is 0 Å². The fourth-order valence-electron chi connectivity index (χ4n) is 2.51. The maximum absolute atomic E-state index is 13.0. The van der Waals surface area contributed by atoms with Crippen LogP contribution in [-0.2, 0) is 4.74 Å². The summed E-state index contributed by atoms with van der Waals surface area (Å²) in [7, 11) is 0. The Labute approximate surface area is 85.2 Å². The van der Waals surface area contributed by atoms with Crippen molar-refractivity contribution in [3.63, 3.8) is 0 Å². The molecule has 82 valence electrons. The van der Waals surface area contributed by atoms with E-state index in [1.54, 1.807) is 0 Å². The predicted molar refractivity (Wildman–Crippen MR) is 54.1 cm³/mol. The van der Waals surface area contributed by atoms with Crippen molar-refractivity contribution in [1.29, 1.82) is 0 Å². The zero-order chi connectivity index (χ0) is 9.97. The SMILES string of the molecule is CC1COCCC1NC1CCC(F)C1. The summed E-state index contributed by atoms with van der Waals surface area (Å²) in [6.45, 7) is 3.91. The van der Waals surface area contributed by atoms with E-state index in [-0.39, 0.29) is 0 Å². The lowest BCUT2D eigenvalue weighted by molar-refractivity contribution is 0.0358. The van der Waals surface area contributed by atoms with Gasteiger partial charge in [0.25, 0.3) is 0 Å². The zero-order valence-electron chi connectivity index (χ0n) is 8.84. The van der Waals surface area contributed by atoms with E-state index < -0.39 is 6.17 Å². The Hall–Kier alpha value is -0.150. The van der Waals surface area contributed by atoms with Gasteiger partial charge in [-0.05, 0) is 31.6 Å². The first-order valence-corrected chi connectivity index (χ1v) is 5.73. The van der Waals surface area contributed by atoms with Gasteiger partial charge >= 0.3 is 0 Å². The number of hydrogen-bond donors (Lipinski definition) is 1. The Kier molecular flexibility index (Phi) is 3.39. The number of halogens is 1. The Morgan fingerprint density at radius 3 is 2.79 bits per heavy atom. The van der Waals surface area contributed by atoms with E-state index in [2.05, 4.69) is 12.2 Å². The molecule has 2 aliphatic rings. The van der Waals surface area contributed by atoms with Gasteiger partial charge < -0.3 is 10.1 Å². The van der Waals surface area contributed by atoms with Gasteiger partial charge in [-0.25, -0.2) is 4.39 Å². The molecule has 2 rings (SSSR count). The molecule has 0 amide bonds. The minimum absolute atomic E-state index is 0.413. The summed E-state index contributed by atoms with van der Waals surface area (Å²) in [6.07, 6.45) is 2.97. The molecular weight excluding hydrogens is 181 g/mol. The van der Waals surface area contributed by atoms with Crippen LogP contribution in [0.4, 0.5) is 4.39 Å². The van der Waals surface area contributed by atoms with Gasteiger partial charge in [-0.3, -0.25) is 0 Å². The molecule has 0 bridgehead atoms. The summed E-state index contributed by atoms with van der Waals surface area (Å²) in [5.74, 6) is 0.572. The normalized spacial score (nSPS) is 44.1. The Morgan fingerprint density at radius 2 is 2.14 bits per heavy atom. The molecule has 0 aromatic heterocycles. The first-order chi connectivity index (χ1) is 6.75. The molecular formula is C11H20FNO. The van der Waals surface area contributed by atoms with Gasteiger partial charge in [0.2, 0.25) is 0 Å². The van der Waals surface area contributed by atoms with E-state index in [9.17, 15) is 4.39 Å². The van der Waals surface area contributed by atoms with Gasteiger partial charge in [-0.2, -0.15) is 0 Å². The zero-order valence-corrected chi connectivity index (χ0v) is 8.84. The molecule has 0 spiro atoms. The van der Waals surface area contributed by atoms with E-state index in [4.69, 9.17) is 4.74 Å². The molecule has 14 heavy (non-hydrogen) atoms. The van der Waals surface area contributed by atoms with Crippen molar-refractivity contribution in [2.45, 2.75) is 50.9 Å². The molecule has 0 aromatic carbocycles. The van der Waals surface area contributed by atoms with Crippen LogP contribution in [0.15, 0.2) is 0 Å². The average molecular weight is 201 g/mol. The second-order valence-corrected chi connectivity index (χ2v) is 4.72. The van der Waals surface area contributed by atoms with Crippen molar-refractivity contribution in [2.75, 3.05) is 13.2 Å². The van der Waals surface area contributed by atoms with Gasteiger partial charge in [0, 0.05) is 18.7 Å². The summed E-state index contributed by atoms with van der Waals surface area (Å²) in [5, 5.41) is 3.58. The molecule has 4 atom stereocenters. The third-order valence-corrected chi connectivity index (χ3v) is 3.46. The third kappa shape index (κ3) is 2.45. The summed E-state index contributed by atoms with van der Waals surface area (Å²) < 4.78 is 18.3. The lowest BCUT2D eigenvalue weighted by Crippen LogP contribution is -2.45. The van der Waals surface area contributed by atoms with E-state index in [0.717, 1.165) is 32.5 Å². The molecule has 2 nitrogen and oxygen atoms in total. The first kappa shape index (κ1) is 10.4. The van der Waals surface area contributed by atoms with Crippen molar-refractivity contribution in [3.8, 4) is 0 Å². The topological polar surface area (TPSA) is 21.3 Å². The van der Waals surface area contributed by atoms with E-state index in [1.807, 2.05) is 0 Å². The van der Waals surface area contributed by atoms with Crippen LogP contribution in [0, 0.1) is 5.92 Å². The van der Waals surface area contributed by atoms with Crippen molar-refractivity contribution in [3.05, 3.63) is 0 Å². The number of ether oxygens (including phenoxy) is 1. The van der Waals surface area contributed by atoms with Crippen LogP contribution >= 0.6 is 0 Å². The predicted octanol–water partition coefficient (Wildman–Crippen LogP) is 1.89. The third-order valence-electron chi connectivity index (χ3n) is 3.46. The van der Waals surface area contributed by atoms with Crippen LogP contribution in [-0.4, -0.2) is 31.5 Å². The second-order valence-electron chi connectivity index (χ2n) is 4.72. The summed E-state index contributed by atoms with van der Waals surface area (Å²) in [6, 6.07) is 0.953. The average Bonchev–Trinajstić information content (AvgIpc) is 2.56. The molecule has 1 N–H and O–H groups in total. The second kappa shape index (κ2) is 4.58. The van der Waals surface area contributed by atoms with E-state index in [1.165, 1.54) is 0 Å². The monoisotopic (exact) mass is 201 g/mol. The minimum atomic E-state index is -0.567. The van der Waals surface area contributed by atoms with Crippen molar-refractivity contribution in [1.82, 2.24) is 5.32 Å². The quantitative estimate of drug-likeness (QED) is 0.736. The van der Waals surface area contributed by atoms with Crippen molar-refractivity contribution in [2.24, 2.45) is 5.92 Å². The Bertz CT molecular complexity index is 188. The van der Waals surface area contributed by atoms with Crippen LogP contribution < -0.4 is 5.32 Å². The van der Waals surface area contributed by atoms with E-state index >= 15 is 0 Å². The lowest BCUT2D eigenvalue weighted by atomic mass is 9.97. The van der Waals surface area contributed by atoms with Crippen LogP contribution in [0.2, 0.25) is 0 Å². The lowest BCUT2D eigenvalue weighted by Gasteiger charge is -2.32. The van der Waals surface area contributed by atoms with Crippen LogP contribution in [0.5, 0.6) is 0 Å². The van der Waals surface area contributed by atoms with E-state index in [0.29, 0.717) is 24.4 Å². The molecule has 2 fully saturated rings. The largest absolute Gasteiger partial charge is 0.381 e. The molecule has 1 aliphatic carbocycles. The van der Waals surface area contributed by atoms with Crippen LogP contribution in [0.25, 0.3) is 0 Å². The molecule has 0 aromatic rings. The van der Waals surface area contributed by atoms with Crippen LogP contribution in [0.1, 0.15) is 32.6 Å². The number of rotatable bonds is 2. The number of alkyl halides is 1. The highest BCUT2D eigenvalue weighted by Gasteiger charge is 2.29.